The first-order chi connectivity index (χ1) is 8.05. The molecule has 1 rings (SSSR count). The molecule has 0 unspecified atom stereocenters. The highest BCUT2D eigenvalue weighted by atomic mass is 32.2. The van der Waals surface area contributed by atoms with Crippen molar-refractivity contribution in [3.8, 4) is 0 Å². The van der Waals surface area contributed by atoms with Gasteiger partial charge in [0.1, 0.15) is 0 Å². The standard InChI is InChI=1S/C10H16N2O3S2/c11-9-3-1-2-4-10(9)16-7-8-17(14,15)12-5-6-13/h1-4,12-13H,5-8,11H2. The van der Waals surface area contributed by atoms with E-state index in [9.17, 15) is 8.42 Å². The second kappa shape index (κ2) is 6.85. The number of hydrogen-bond acceptors (Lipinski definition) is 5. The highest BCUT2D eigenvalue weighted by molar-refractivity contribution is 8.00. The monoisotopic (exact) mass is 276 g/mol. The van der Waals surface area contributed by atoms with Crippen LogP contribution >= 0.6 is 11.8 Å². The summed E-state index contributed by atoms with van der Waals surface area (Å²) >= 11 is 1.40. The zero-order valence-corrected chi connectivity index (χ0v) is 10.9. The molecule has 0 fully saturated rings. The molecule has 5 nitrogen and oxygen atoms in total. The first kappa shape index (κ1) is 14.3. The second-order valence-corrected chi connectivity index (χ2v) is 6.39. The average Bonchev–Trinajstić information content (AvgIpc) is 2.29. The van der Waals surface area contributed by atoms with Gasteiger partial charge in [0.25, 0.3) is 0 Å². The number of rotatable bonds is 7. The van der Waals surface area contributed by atoms with E-state index in [0.717, 1.165) is 4.90 Å². The molecular formula is C10H16N2O3S2. The van der Waals surface area contributed by atoms with Gasteiger partial charge in [-0.05, 0) is 12.1 Å². The van der Waals surface area contributed by atoms with Crippen LogP contribution in [0, 0.1) is 0 Å². The molecule has 1 aromatic rings. The smallest absolute Gasteiger partial charge is 0.212 e. The molecule has 0 amide bonds. The summed E-state index contributed by atoms with van der Waals surface area (Å²) in [6, 6.07) is 7.32. The van der Waals surface area contributed by atoms with Gasteiger partial charge in [-0.15, -0.1) is 11.8 Å². The van der Waals surface area contributed by atoms with Crippen molar-refractivity contribution in [2.24, 2.45) is 0 Å². The van der Waals surface area contributed by atoms with E-state index in [1.165, 1.54) is 11.8 Å². The minimum absolute atomic E-state index is 0.00595. The first-order valence-electron chi connectivity index (χ1n) is 5.10. The van der Waals surface area contributed by atoms with Gasteiger partial charge < -0.3 is 10.8 Å². The number of benzene rings is 1. The van der Waals surface area contributed by atoms with Crippen LogP contribution in [0.4, 0.5) is 5.69 Å². The minimum atomic E-state index is -3.30. The van der Waals surface area contributed by atoms with Crippen molar-refractivity contribution in [3.63, 3.8) is 0 Å². The van der Waals surface area contributed by atoms with Crippen LogP contribution in [0.5, 0.6) is 0 Å². The summed E-state index contributed by atoms with van der Waals surface area (Å²) in [5, 5.41) is 8.52. The Morgan fingerprint density at radius 2 is 2.06 bits per heavy atom. The predicted molar refractivity (Wildman–Crippen MR) is 70.5 cm³/mol. The molecule has 0 aliphatic rings. The van der Waals surface area contributed by atoms with Gasteiger partial charge in [0.05, 0.1) is 12.4 Å². The lowest BCUT2D eigenvalue weighted by Crippen LogP contribution is -2.29. The van der Waals surface area contributed by atoms with Gasteiger partial charge in [0.15, 0.2) is 0 Å². The highest BCUT2D eigenvalue weighted by Crippen LogP contribution is 2.24. The number of aliphatic hydroxyl groups is 1. The zero-order valence-electron chi connectivity index (χ0n) is 9.30. The molecule has 0 radical (unpaired) electrons. The van der Waals surface area contributed by atoms with Crippen molar-refractivity contribution < 1.29 is 13.5 Å². The molecular weight excluding hydrogens is 260 g/mol. The van der Waals surface area contributed by atoms with Crippen LogP contribution in [0.2, 0.25) is 0 Å². The van der Waals surface area contributed by atoms with Gasteiger partial charge in [0.2, 0.25) is 10.0 Å². The molecule has 0 saturated carbocycles. The molecule has 96 valence electrons. The summed E-state index contributed by atoms with van der Waals surface area (Å²) in [6.45, 7) is -0.140. The van der Waals surface area contributed by atoms with Gasteiger partial charge in [-0.3, -0.25) is 0 Å². The number of nitrogen functional groups attached to an aromatic ring is 1. The van der Waals surface area contributed by atoms with Gasteiger partial charge in [-0.1, -0.05) is 12.1 Å². The third kappa shape index (κ3) is 5.40. The van der Waals surface area contributed by atoms with Gasteiger partial charge in [0, 0.05) is 22.9 Å². The Morgan fingerprint density at radius 3 is 2.71 bits per heavy atom. The summed E-state index contributed by atoms with van der Waals surface area (Å²) in [4.78, 5) is 0.879. The normalized spacial score (nSPS) is 11.6. The Bertz CT molecular complexity index is 449. The fraction of sp³-hybridized carbons (Fsp3) is 0.400. The largest absolute Gasteiger partial charge is 0.398 e. The lowest BCUT2D eigenvalue weighted by Gasteiger charge is -2.06. The Morgan fingerprint density at radius 1 is 1.35 bits per heavy atom. The van der Waals surface area contributed by atoms with Crippen LogP contribution in [0.15, 0.2) is 29.2 Å². The summed E-state index contributed by atoms with van der Waals surface area (Å²) in [6.07, 6.45) is 0. The molecule has 7 heteroatoms. The molecule has 0 aromatic heterocycles. The third-order valence-corrected chi connectivity index (χ3v) is 4.70. The number of sulfonamides is 1. The van der Waals surface area contributed by atoms with E-state index in [2.05, 4.69) is 4.72 Å². The number of para-hydroxylation sites is 1. The van der Waals surface area contributed by atoms with Crippen molar-refractivity contribution >= 4 is 27.5 Å². The van der Waals surface area contributed by atoms with E-state index in [4.69, 9.17) is 10.8 Å². The molecule has 4 N–H and O–H groups in total. The third-order valence-electron chi connectivity index (χ3n) is 1.96. The minimum Gasteiger partial charge on any atom is -0.398 e. The highest BCUT2D eigenvalue weighted by Gasteiger charge is 2.09. The summed E-state index contributed by atoms with van der Waals surface area (Å²) < 4.78 is 25.1. The van der Waals surface area contributed by atoms with E-state index in [0.29, 0.717) is 11.4 Å². The first-order valence-corrected chi connectivity index (χ1v) is 7.74. The maximum Gasteiger partial charge on any atom is 0.212 e. The van der Waals surface area contributed by atoms with Crippen LogP contribution < -0.4 is 10.5 Å². The van der Waals surface area contributed by atoms with Crippen LogP contribution in [0.3, 0.4) is 0 Å². The van der Waals surface area contributed by atoms with Crippen molar-refractivity contribution in [2.75, 3.05) is 30.4 Å². The molecule has 0 saturated heterocycles. The Hall–Kier alpha value is -0.760. The number of thioether (sulfide) groups is 1. The maximum absolute atomic E-state index is 11.4. The Balaban J connectivity index is 2.40. The van der Waals surface area contributed by atoms with Crippen molar-refractivity contribution in [3.05, 3.63) is 24.3 Å². The SMILES string of the molecule is Nc1ccccc1SCCS(=O)(=O)NCCO. The average molecular weight is 276 g/mol. The number of nitrogens with two attached hydrogens (primary N) is 1. The van der Waals surface area contributed by atoms with Crippen molar-refractivity contribution in [1.82, 2.24) is 4.72 Å². The molecule has 1 aromatic carbocycles. The quantitative estimate of drug-likeness (QED) is 0.491. The van der Waals surface area contributed by atoms with Gasteiger partial charge in [-0.25, -0.2) is 13.1 Å². The number of anilines is 1. The van der Waals surface area contributed by atoms with Crippen molar-refractivity contribution in [1.29, 1.82) is 0 Å². The summed E-state index contributed by atoms with van der Waals surface area (Å²) in [5.41, 5.74) is 6.38. The van der Waals surface area contributed by atoms with E-state index >= 15 is 0 Å². The molecule has 0 aliphatic heterocycles. The number of nitrogens with one attached hydrogen (secondary N) is 1. The Labute approximate surface area is 105 Å². The molecule has 0 heterocycles. The lowest BCUT2D eigenvalue weighted by atomic mass is 10.3. The predicted octanol–water partition coefficient (Wildman–Crippen LogP) is 0.273. The van der Waals surface area contributed by atoms with Crippen LogP contribution in [-0.4, -0.2) is 38.2 Å². The van der Waals surface area contributed by atoms with Gasteiger partial charge >= 0.3 is 0 Å². The second-order valence-electron chi connectivity index (χ2n) is 3.32. The summed E-state index contributed by atoms with van der Waals surface area (Å²) in [5.74, 6) is 0.432. The number of aliphatic hydroxyl groups excluding tert-OH is 1. The Kier molecular flexibility index (Phi) is 5.76. The van der Waals surface area contributed by atoms with E-state index in [1.807, 2.05) is 18.2 Å². The molecule has 0 atom stereocenters. The molecule has 17 heavy (non-hydrogen) atoms. The summed E-state index contributed by atoms with van der Waals surface area (Å²) in [7, 11) is -3.30. The lowest BCUT2D eigenvalue weighted by molar-refractivity contribution is 0.301. The van der Waals surface area contributed by atoms with Crippen molar-refractivity contribution in [2.45, 2.75) is 4.90 Å². The van der Waals surface area contributed by atoms with Crippen LogP contribution in [-0.2, 0) is 10.0 Å². The zero-order chi connectivity index (χ0) is 12.7. The topological polar surface area (TPSA) is 92.4 Å². The van der Waals surface area contributed by atoms with Crippen LogP contribution in [0.1, 0.15) is 0 Å². The van der Waals surface area contributed by atoms with E-state index < -0.39 is 10.0 Å². The van der Waals surface area contributed by atoms with E-state index in [-0.39, 0.29) is 18.9 Å². The fourth-order valence-electron chi connectivity index (χ4n) is 1.15. The number of hydrogen-bond donors (Lipinski definition) is 3. The molecule has 0 bridgehead atoms. The van der Waals surface area contributed by atoms with Gasteiger partial charge in [-0.2, -0.15) is 0 Å². The van der Waals surface area contributed by atoms with Crippen LogP contribution in [0.25, 0.3) is 0 Å². The van der Waals surface area contributed by atoms with E-state index in [1.54, 1.807) is 6.07 Å². The molecule has 0 aliphatic carbocycles. The maximum atomic E-state index is 11.4. The fourth-order valence-corrected chi connectivity index (χ4v) is 3.53. The molecule has 0 spiro atoms.